The molecule has 0 heterocycles. The smallest absolute Gasteiger partial charge is 0.166 e. The van der Waals surface area contributed by atoms with E-state index in [1.165, 1.54) is 160 Å². The van der Waals surface area contributed by atoms with E-state index in [0.717, 1.165) is 110 Å². The Morgan fingerprint density at radius 2 is 0.510 bits per heavy atom. The van der Waals surface area contributed by atoms with Crippen LogP contribution in [0.3, 0.4) is 0 Å². The van der Waals surface area contributed by atoms with Gasteiger partial charge in [-0.2, -0.15) is 0 Å². The van der Waals surface area contributed by atoms with Gasteiger partial charge in [-0.05, 0) is 281 Å². The fraction of sp³-hybridized carbons (Fsp3) is 0.617. The van der Waals surface area contributed by atoms with Crippen molar-refractivity contribution in [3.63, 3.8) is 0 Å². The third kappa shape index (κ3) is 23.3. The Morgan fingerprint density at radius 3 is 0.894 bits per heavy atom. The summed E-state index contributed by atoms with van der Waals surface area (Å²) in [5.74, 6) is 3.71. The largest absolute Gasteiger partial charge is 0.203 e. The van der Waals surface area contributed by atoms with Crippen LogP contribution in [-0.4, -0.2) is 0 Å². The van der Waals surface area contributed by atoms with Crippen molar-refractivity contribution < 1.29 is 43.9 Å². The van der Waals surface area contributed by atoms with Crippen molar-refractivity contribution in [3.05, 3.63) is 199 Å². The van der Waals surface area contributed by atoms with Gasteiger partial charge in [0.2, 0.25) is 0 Å². The summed E-state index contributed by atoms with van der Waals surface area (Å²) in [7, 11) is 0. The van der Waals surface area contributed by atoms with Crippen LogP contribution >= 0.6 is 0 Å². The van der Waals surface area contributed by atoms with Crippen molar-refractivity contribution in [1.82, 2.24) is 0 Å². The van der Waals surface area contributed by atoms with Gasteiger partial charge >= 0.3 is 0 Å². The maximum Gasteiger partial charge on any atom is 0.166 e. The molecular weight excluding hydrogens is 1320 g/mol. The summed E-state index contributed by atoms with van der Waals surface area (Å²) < 4.78 is 138. The zero-order valence-electron chi connectivity index (χ0n) is 65.0. The van der Waals surface area contributed by atoms with Gasteiger partial charge in [0, 0.05) is 5.56 Å². The van der Waals surface area contributed by atoms with E-state index < -0.39 is 58.2 Å². The minimum Gasteiger partial charge on any atom is -0.203 e. The lowest BCUT2D eigenvalue weighted by Crippen LogP contribution is -2.25. The van der Waals surface area contributed by atoms with E-state index >= 15 is 0 Å². The molecule has 0 atom stereocenters. The highest BCUT2D eigenvalue weighted by Crippen LogP contribution is 2.45. The third-order valence-corrected chi connectivity index (χ3v) is 26.6. The normalized spacial score (nSPS) is 27.2. The van der Waals surface area contributed by atoms with Crippen molar-refractivity contribution in [2.24, 2.45) is 65.1 Å². The van der Waals surface area contributed by atoms with Crippen LogP contribution in [0.1, 0.15) is 313 Å². The van der Waals surface area contributed by atoms with Crippen LogP contribution in [0, 0.1) is 158 Å². The Bertz CT molecular complexity index is 3590. The van der Waals surface area contributed by atoms with Crippen molar-refractivity contribution in [2.45, 2.75) is 305 Å². The Morgan fingerprint density at radius 1 is 0.240 bits per heavy atom. The van der Waals surface area contributed by atoms with Gasteiger partial charge in [-0.1, -0.05) is 235 Å². The number of rotatable bonds is 14. The van der Waals surface area contributed by atoms with Crippen LogP contribution in [0.2, 0.25) is 0 Å². The van der Waals surface area contributed by atoms with Crippen LogP contribution in [0.25, 0.3) is 11.1 Å². The first-order valence-electron chi connectivity index (χ1n) is 41.1. The fourth-order valence-corrected chi connectivity index (χ4v) is 18.6. The molecule has 6 aromatic rings. The minimum absolute atomic E-state index is 0.214. The molecule has 10 heteroatoms. The number of benzene rings is 6. The van der Waals surface area contributed by atoms with E-state index in [2.05, 4.69) is 46.8 Å². The van der Waals surface area contributed by atoms with Crippen LogP contribution in [0.15, 0.2) is 84.9 Å². The van der Waals surface area contributed by atoms with Gasteiger partial charge < -0.3 is 0 Å². The quantitative estimate of drug-likeness (QED) is 0.0954. The third-order valence-electron chi connectivity index (χ3n) is 26.6. The number of hydrogen-bond acceptors (Lipinski definition) is 0. The Balaban J connectivity index is 0.000000152. The zero-order valence-corrected chi connectivity index (χ0v) is 65.0. The number of aryl methyl sites for hydroxylation is 7. The molecule has 0 unspecified atom stereocenters. The maximum atomic E-state index is 14.2. The Labute approximate surface area is 621 Å². The van der Waals surface area contributed by atoms with Gasteiger partial charge in [0.25, 0.3) is 0 Å². The van der Waals surface area contributed by atoms with E-state index in [1.807, 2.05) is 18.2 Å². The molecule has 13 rings (SSSR count). The van der Waals surface area contributed by atoms with E-state index in [1.54, 1.807) is 89.2 Å². The molecule has 0 aromatic heterocycles. The molecule has 6 aromatic carbocycles. The highest BCUT2D eigenvalue weighted by molar-refractivity contribution is 5.65. The fourth-order valence-electron chi connectivity index (χ4n) is 18.6. The number of hydrogen-bond donors (Lipinski definition) is 0. The van der Waals surface area contributed by atoms with Gasteiger partial charge in [0.15, 0.2) is 58.2 Å². The predicted molar refractivity (Wildman–Crippen MR) is 411 cm³/mol. The highest BCUT2D eigenvalue weighted by Gasteiger charge is 2.32. The van der Waals surface area contributed by atoms with E-state index in [4.69, 9.17) is 0 Å². The summed E-state index contributed by atoms with van der Waals surface area (Å²) in [4.78, 5) is 0. The first-order chi connectivity index (χ1) is 49.8. The molecule has 572 valence electrons. The monoisotopic (exact) mass is 1440 g/mol. The molecule has 7 aliphatic carbocycles. The standard InChI is InChI=1S/2C22H32F2.C20H22F2.C16H22F2.C14H18F2/c1-15-3-9-18(10-4-15)19-12-6-17(7-13-19)8-14-20-11-5-16(2)21(23)22(20)24;1-15-3-6-17(7-4-15)8-9-18-10-12-19(13-11-18)20-14-5-16(2)21(23)22(20)24;1-13-3-6-15(7-4-13)16-8-10-17(11-9-16)18-12-5-14(2)19(21)20(18)22;1-11-3-6-13(7-4-11)8-10-14-9-5-12(2)15(17)16(14)18;1-9-3-6-11(7-4-9)12-8-5-10(2)13(15)14(12)16/h5,11,15,17-19H,3-4,6-10,12-14H2,1-2H3;5,14-15,17-19H,3-4,6-13H2,1-2H3;5,8-13,15H,3-4,6-7H2,1-2H3;5,9,11,13H,3-4,6-8,10H2,1-2H3;5,8-9,11H,3-4,6-7H2,1-2H3. The van der Waals surface area contributed by atoms with Gasteiger partial charge in [-0.3, -0.25) is 0 Å². The SMILES string of the molecule is Cc1ccc(-c2ccc(C3CCC(C)CC3)cc2)c(F)c1F.Cc1ccc(C2CCC(C)CC2)c(F)c1F.Cc1ccc(C2CCC(CCC3CCC(C)CC3)CC2)c(F)c1F.Cc1ccc(CCC2CCC(C)CC2)c(F)c1F.Cc1ccc(CCC2CCC(C3CCC(C)CC3)CC2)c(F)c1F. The Kier molecular flexibility index (Phi) is 31.9. The second-order valence-corrected chi connectivity index (χ2v) is 34.6. The average molecular weight is 1450 g/mol. The molecule has 7 saturated carbocycles. The molecule has 104 heavy (non-hydrogen) atoms. The molecule has 0 nitrogen and oxygen atoms in total. The summed E-state index contributed by atoms with van der Waals surface area (Å²) in [5.41, 5.74) is 6.62. The van der Waals surface area contributed by atoms with Gasteiger partial charge in [-0.15, -0.1) is 0 Å². The lowest BCUT2D eigenvalue weighted by molar-refractivity contribution is 0.147. The Hall–Kier alpha value is -5.38. The molecule has 7 aliphatic rings. The summed E-state index contributed by atoms with van der Waals surface area (Å²) in [6, 6.07) is 25.1. The van der Waals surface area contributed by atoms with Crippen molar-refractivity contribution in [3.8, 4) is 11.1 Å². The number of halogens is 10. The molecule has 0 aliphatic heterocycles. The first-order valence-corrected chi connectivity index (χ1v) is 41.1. The summed E-state index contributed by atoms with van der Waals surface area (Å²) >= 11 is 0. The van der Waals surface area contributed by atoms with Gasteiger partial charge in [0.05, 0.1) is 0 Å². The summed E-state index contributed by atoms with van der Waals surface area (Å²) in [6.07, 6.45) is 41.5. The highest BCUT2D eigenvalue weighted by atomic mass is 19.2. The van der Waals surface area contributed by atoms with E-state index in [9.17, 15) is 43.9 Å². The predicted octanol–water partition coefficient (Wildman–Crippen LogP) is 29.8. The van der Waals surface area contributed by atoms with Crippen molar-refractivity contribution in [1.29, 1.82) is 0 Å². The first kappa shape index (κ1) is 82.7. The average Bonchev–Trinajstić information content (AvgIpc) is 0.817. The van der Waals surface area contributed by atoms with Crippen LogP contribution in [0.5, 0.6) is 0 Å². The van der Waals surface area contributed by atoms with Gasteiger partial charge in [0.1, 0.15) is 0 Å². The molecule has 0 N–H and O–H groups in total. The molecule has 0 amide bonds. The molecular formula is C94H126F10. The zero-order chi connectivity index (χ0) is 74.7. The lowest BCUT2D eigenvalue weighted by Gasteiger charge is -2.37. The topological polar surface area (TPSA) is 0 Å². The molecule has 0 spiro atoms. The molecule has 0 bridgehead atoms. The molecule has 7 fully saturated rings. The van der Waals surface area contributed by atoms with Crippen LogP contribution in [0.4, 0.5) is 43.9 Å². The van der Waals surface area contributed by atoms with E-state index in [0.29, 0.717) is 86.2 Å². The van der Waals surface area contributed by atoms with Crippen molar-refractivity contribution in [2.75, 3.05) is 0 Å². The second kappa shape index (κ2) is 40.2. The van der Waals surface area contributed by atoms with Gasteiger partial charge in [-0.25, -0.2) is 43.9 Å². The maximum absolute atomic E-state index is 14.2. The summed E-state index contributed by atoms with van der Waals surface area (Å²) in [5, 5.41) is 0. The minimum atomic E-state index is -0.751. The van der Waals surface area contributed by atoms with Crippen molar-refractivity contribution >= 4 is 0 Å². The summed E-state index contributed by atoms with van der Waals surface area (Å²) in [6.45, 7) is 19.6. The van der Waals surface area contributed by atoms with E-state index in [-0.39, 0.29) is 11.8 Å². The second-order valence-electron chi connectivity index (χ2n) is 34.6. The van der Waals surface area contributed by atoms with Crippen LogP contribution in [-0.2, 0) is 12.8 Å². The lowest BCUT2D eigenvalue weighted by atomic mass is 9.69. The molecule has 0 saturated heterocycles. The van der Waals surface area contributed by atoms with Crippen LogP contribution < -0.4 is 0 Å². The molecule has 0 radical (unpaired) electrons.